The van der Waals surface area contributed by atoms with Crippen molar-refractivity contribution in [1.29, 1.82) is 0 Å². The summed E-state index contributed by atoms with van der Waals surface area (Å²) in [5.74, 6) is 0.455. The van der Waals surface area contributed by atoms with Gasteiger partial charge in [0, 0.05) is 19.4 Å². The fraction of sp³-hybridized carbons (Fsp3) is 0.167. The molecule has 1 N–H and O–H groups in total. The van der Waals surface area contributed by atoms with E-state index < -0.39 is 5.91 Å². The number of ether oxygens (including phenoxy) is 1. The van der Waals surface area contributed by atoms with Gasteiger partial charge >= 0.3 is 5.69 Å². The maximum absolute atomic E-state index is 12.6. The van der Waals surface area contributed by atoms with Crippen LogP contribution in [0, 0.1) is 6.92 Å². The molecule has 10 nitrogen and oxygen atoms in total. The van der Waals surface area contributed by atoms with Crippen LogP contribution in [-0.2, 0) is 18.4 Å². The average molecular weight is 379 g/mol. The molecule has 0 atom stereocenters. The summed E-state index contributed by atoms with van der Waals surface area (Å²) < 4.78 is 9.83. The third-order valence-corrected chi connectivity index (χ3v) is 4.06. The first kappa shape index (κ1) is 17.5. The molecule has 0 bridgehead atoms. The summed E-state index contributed by atoms with van der Waals surface area (Å²) in [6, 6.07) is 8.68. The quantitative estimate of drug-likeness (QED) is 0.561. The van der Waals surface area contributed by atoms with Crippen molar-refractivity contribution in [2.75, 3.05) is 5.32 Å². The second-order valence-electron chi connectivity index (χ2n) is 6.10. The summed E-state index contributed by atoms with van der Waals surface area (Å²) in [6.07, 6.45) is 4.80. The predicted octanol–water partition coefficient (Wildman–Crippen LogP) is 1.36. The molecule has 0 aliphatic rings. The molecule has 0 aliphatic carbocycles. The lowest BCUT2D eigenvalue weighted by atomic mass is 10.3. The van der Waals surface area contributed by atoms with Crippen LogP contribution < -0.4 is 15.7 Å². The summed E-state index contributed by atoms with van der Waals surface area (Å²) in [5.41, 5.74) is 1.09. The van der Waals surface area contributed by atoms with E-state index in [-0.39, 0.29) is 12.2 Å². The molecule has 4 heterocycles. The monoisotopic (exact) mass is 379 g/mol. The SMILES string of the molecule is Cc1nn(C)c(Oc2cccnc2)c1NC(=O)Cn1nc2ccccn2c1=O. The summed E-state index contributed by atoms with van der Waals surface area (Å²) in [6.45, 7) is 1.52. The van der Waals surface area contributed by atoms with Crippen LogP contribution >= 0.6 is 0 Å². The van der Waals surface area contributed by atoms with E-state index in [1.54, 1.807) is 62.9 Å². The third-order valence-electron chi connectivity index (χ3n) is 4.06. The molecule has 0 unspecified atom stereocenters. The van der Waals surface area contributed by atoms with Gasteiger partial charge in [0.15, 0.2) is 5.65 Å². The highest BCUT2D eigenvalue weighted by Gasteiger charge is 2.19. The zero-order valence-electron chi connectivity index (χ0n) is 15.2. The van der Waals surface area contributed by atoms with Crippen molar-refractivity contribution in [3.05, 3.63) is 65.1 Å². The van der Waals surface area contributed by atoms with Crippen molar-refractivity contribution in [2.45, 2.75) is 13.5 Å². The van der Waals surface area contributed by atoms with E-state index >= 15 is 0 Å². The number of aromatic nitrogens is 6. The van der Waals surface area contributed by atoms with Gasteiger partial charge in [0.2, 0.25) is 11.8 Å². The number of fused-ring (bicyclic) bond motifs is 1. The number of carbonyl (C=O) groups is 1. The topological polar surface area (TPSA) is 108 Å². The minimum absolute atomic E-state index is 0.235. The van der Waals surface area contributed by atoms with E-state index in [0.29, 0.717) is 28.7 Å². The Labute approximate surface area is 159 Å². The number of rotatable bonds is 5. The van der Waals surface area contributed by atoms with Crippen LogP contribution in [0.15, 0.2) is 53.7 Å². The minimum Gasteiger partial charge on any atom is -0.436 e. The van der Waals surface area contributed by atoms with Gasteiger partial charge in [-0.15, -0.1) is 5.10 Å². The number of anilines is 1. The van der Waals surface area contributed by atoms with Crippen molar-refractivity contribution in [3.8, 4) is 11.6 Å². The van der Waals surface area contributed by atoms with E-state index in [2.05, 4.69) is 20.5 Å². The first-order chi connectivity index (χ1) is 13.5. The molecule has 0 saturated carbocycles. The summed E-state index contributed by atoms with van der Waals surface area (Å²) in [4.78, 5) is 28.9. The Bertz CT molecular complexity index is 1210. The second-order valence-corrected chi connectivity index (χ2v) is 6.10. The van der Waals surface area contributed by atoms with Gasteiger partial charge in [-0.1, -0.05) is 6.07 Å². The average Bonchev–Trinajstić information content (AvgIpc) is 3.13. The van der Waals surface area contributed by atoms with Gasteiger partial charge < -0.3 is 10.1 Å². The zero-order valence-corrected chi connectivity index (χ0v) is 15.2. The molecule has 0 saturated heterocycles. The maximum atomic E-state index is 12.6. The number of hydrogen-bond donors (Lipinski definition) is 1. The number of carbonyl (C=O) groups excluding carboxylic acids is 1. The molecule has 10 heteroatoms. The number of aryl methyl sites for hydroxylation is 2. The molecule has 0 aromatic carbocycles. The van der Waals surface area contributed by atoms with E-state index in [4.69, 9.17) is 4.74 Å². The van der Waals surface area contributed by atoms with E-state index in [0.717, 1.165) is 4.68 Å². The van der Waals surface area contributed by atoms with Gasteiger partial charge in [-0.25, -0.2) is 14.2 Å². The van der Waals surface area contributed by atoms with Crippen molar-refractivity contribution in [1.82, 2.24) is 28.9 Å². The molecule has 142 valence electrons. The third kappa shape index (κ3) is 3.22. The Morgan fingerprint density at radius 2 is 2.07 bits per heavy atom. The number of nitrogens with zero attached hydrogens (tertiary/aromatic N) is 6. The van der Waals surface area contributed by atoms with Gasteiger partial charge in [0.25, 0.3) is 0 Å². The van der Waals surface area contributed by atoms with Gasteiger partial charge in [-0.05, 0) is 31.2 Å². The number of pyridine rings is 2. The largest absolute Gasteiger partial charge is 0.436 e. The smallest absolute Gasteiger partial charge is 0.350 e. The lowest BCUT2D eigenvalue weighted by Gasteiger charge is -2.09. The van der Waals surface area contributed by atoms with Gasteiger partial charge in [-0.3, -0.25) is 14.2 Å². The van der Waals surface area contributed by atoms with Crippen molar-refractivity contribution in [3.63, 3.8) is 0 Å². The van der Waals surface area contributed by atoms with Crippen LogP contribution in [0.4, 0.5) is 5.69 Å². The first-order valence-corrected chi connectivity index (χ1v) is 8.48. The molecule has 4 rings (SSSR count). The van der Waals surface area contributed by atoms with Crippen molar-refractivity contribution >= 4 is 17.2 Å². The molecule has 0 fully saturated rings. The Hall–Kier alpha value is -3.95. The Balaban J connectivity index is 1.57. The first-order valence-electron chi connectivity index (χ1n) is 8.48. The predicted molar refractivity (Wildman–Crippen MR) is 100 cm³/mol. The van der Waals surface area contributed by atoms with Crippen LogP contribution in [0.25, 0.3) is 5.65 Å². The van der Waals surface area contributed by atoms with Crippen LogP contribution in [0.3, 0.4) is 0 Å². The molecule has 1 amide bonds. The van der Waals surface area contributed by atoms with E-state index in [1.165, 1.54) is 9.08 Å². The molecule has 0 spiro atoms. The van der Waals surface area contributed by atoms with Crippen molar-refractivity contribution in [2.24, 2.45) is 7.05 Å². The normalized spacial score (nSPS) is 10.9. The Morgan fingerprint density at radius 3 is 2.82 bits per heavy atom. The van der Waals surface area contributed by atoms with Crippen LogP contribution in [0.5, 0.6) is 11.6 Å². The molecule has 0 aliphatic heterocycles. The fourth-order valence-electron chi connectivity index (χ4n) is 2.80. The van der Waals surface area contributed by atoms with E-state index in [1.807, 2.05) is 0 Å². The van der Waals surface area contributed by atoms with Crippen molar-refractivity contribution < 1.29 is 9.53 Å². The highest BCUT2D eigenvalue weighted by molar-refractivity contribution is 5.92. The Kier molecular flexibility index (Phi) is 4.36. The van der Waals surface area contributed by atoms with Gasteiger partial charge in [0.1, 0.15) is 18.0 Å². The molecule has 28 heavy (non-hydrogen) atoms. The molecule has 4 aromatic heterocycles. The highest BCUT2D eigenvalue weighted by atomic mass is 16.5. The van der Waals surface area contributed by atoms with Gasteiger partial charge in [0.05, 0.1) is 11.9 Å². The van der Waals surface area contributed by atoms with Crippen LogP contribution in [0.2, 0.25) is 0 Å². The molecular formula is C18H17N7O3. The number of amides is 1. The van der Waals surface area contributed by atoms with Gasteiger partial charge in [-0.2, -0.15) is 5.10 Å². The lowest BCUT2D eigenvalue weighted by Crippen LogP contribution is -2.28. The summed E-state index contributed by atoms with van der Waals surface area (Å²) in [7, 11) is 1.71. The lowest BCUT2D eigenvalue weighted by molar-refractivity contribution is -0.117. The highest BCUT2D eigenvalue weighted by Crippen LogP contribution is 2.31. The number of nitrogens with one attached hydrogen (secondary N) is 1. The molecule has 0 radical (unpaired) electrons. The minimum atomic E-state index is -0.419. The maximum Gasteiger partial charge on any atom is 0.350 e. The zero-order chi connectivity index (χ0) is 19.7. The Morgan fingerprint density at radius 1 is 1.21 bits per heavy atom. The fourth-order valence-corrected chi connectivity index (χ4v) is 2.80. The van der Waals surface area contributed by atoms with Crippen LogP contribution in [0.1, 0.15) is 5.69 Å². The van der Waals surface area contributed by atoms with Crippen LogP contribution in [-0.4, -0.2) is 34.9 Å². The van der Waals surface area contributed by atoms with E-state index in [9.17, 15) is 9.59 Å². The number of hydrogen-bond acceptors (Lipinski definition) is 6. The molecule has 4 aromatic rings. The molecular weight excluding hydrogens is 362 g/mol. The summed E-state index contributed by atoms with van der Waals surface area (Å²) in [5, 5.41) is 11.2. The summed E-state index contributed by atoms with van der Waals surface area (Å²) >= 11 is 0. The standard InChI is InChI=1S/C18H17N7O3/c1-12-16(17(23(2)21-12)28-13-6-5-8-19-10-13)20-15(26)11-25-18(27)24-9-4-3-7-14(24)22-25/h3-10H,11H2,1-2H3,(H,20,26). The second kappa shape index (κ2) is 6.99.